The maximum atomic E-state index is 11.4. The second-order valence-corrected chi connectivity index (χ2v) is 6.56. The number of benzene rings is 2. The minimum Gasteiger partial charge on any atom is -0.396 e. The van der Waals surface area contributed by atoms with Crippen molar-refractivity contribution >= 4 is 49.7 Å². The first-order valence-corrected chi connectivity index (χ1v) is 7.95. The number of rotatable bonds is 3. The molecule has 0 heterocycles. The van der Waals surface area contributed by atoms with E-state index in [9.17, 15) is 8.42 Å². The molecule has 5 nitrogen and oxygen atoms in total. The van der Waals surface area contributed by atoms with E-state index in [0.29, 0.717) is 5.69 Å². The predicted molar refractivity (Wildman–Crippen MR) is 84.7 cm³/mol. The maximum absolute atomic E-state index is 11.4. The highest BCUT2D eigenvalue weighted by Gasteiger charge is 2.15. The lowest BCUT2D eigenvalue weighted by Gasteiger charge is -2.13. The summed E-state index contributed by atoms with van der Waals surface area (Å²) in [5.41, 5.74) is 7.32. The molecule has 0 aliphatic heterocycles. The molecule has 0 atom stereocenters. The van der Waals surface area contributed by atoms with Gasteiger partial charge in [0.1, 0.15) is 4.90 Å². The van der Waals surface area contributed by atoms with Gasteiger partial charge in [0.15, 0.2) is 0 Å². The van der Waals surface area contributed by atoms with E-state index in [0.717, 1.165) is 9.26 Å². The molecule has 5 N–H and O–H groups in total. The molecule has 0 spiro atoms. The molecule has 0 aliphatic carbocycles. The first-order valence-electron chi connectivity index (χ1n) is 5.32. The molecule has 19 heavy (non-hydrogen) atoms. The average Bonchev–Trinajstić information content (AvgIpc) is 2.33. The number of nitrogens with two attached hydrogens (primary N) is 2. The van der Waals surface area contributed by atoms with E-state index in [1.165, 1.54) is 6.07 Å². The molecule has 100 valence electrons. The number of anilines is 3. The maximum Gasteiger partial charge on any atom is 0.240 e. The van der Waals surface area contributed by atoms with Gasteiger partial charge in [0.25, 0.3) is 0 Å². The van der Waals surface area contributed by atoms with Gasteiger partial charge < -0.3 is 11.1 Å². The molecule has 0 bridgehead atoms. The first-order chi connectivity index (χ1) is 8.89. The van der Waals surface area contributed by atoms with E-state index in [4.69, 9.17) is 10.9 Å². The van der Waals surface area contributed by atoms with E-state index in [-0.39, 0.29) is 10.6 Å². The largest absolute Gasteiger partial charge is 0.396 e. The van der Waals surface area contributed by atoms with Crippen molar-refractivity contribution in [2.75, 3.05) is 11.1 Å². The number of sulfonamides is 1. The molecule has 0 saturated heterocycles. The van der Waals surface area contributed by atoms with Crippen LogP contribution in [0.4, 0.5) is 17.1 Å². The van der Waals surface area contributed by atoms with E-state index < -0.39 is 10.0 Å². The molecule has 0 saturated carbocycles. The van der Waals surface area contributed by atoms with Crippen molar-refractivity contribution in [3.8, 4) is 0 Å². The molecule has 0 unspecified atom stereocenters. The van der Waals surface area contributed by atoms with Gasteiger partial charge in [0.2, 0.25) is 10.0 Å². The number of halogens is 1. The third-order valence-corrected chi connectivity index (χ3v) is 4.43. The lowest BCUT2D eigenvalue weighted by atomic mass is 10.2. The summed E-state index contributed by atoms with van der Waals surface area (Å²) in [5, 5.41) is 8.21. The Morgan fingerprint density at radius 1 is 1.00 bits per heavy atom. The van der Waals surface area contributed by atoms with E-state index in [1.807, 2.05) is 24.3 Å². The Kier molecular flexibility index (Phi) is 3.97. The van der Waals surface area contributed by atoms with Gasteiger partial charge in [-0.05, 0) is 46.9 Å². The molecule has 0 aromatic heterocycles. The van der Waals surface area contributed by atoms with Crippen LogP contribution in [0.1, 0.15) is 0 Å². The van der Waals surface area contributed by atoms with Gasteiger partial charge in [-0.25, -0.2) is 13.6 Å². The van der Waals surface area contributed by atoms with Crippen LogP contribution >= 0.6 is 22.6 Å². The summed E-state index contributed by atoms with van der Waals surface area (Å²) in [4.78, 5) is -0.0801. The monoisotopic (exact) mass is 389 g/mol. The van der Waals surface area contributed by atoms with Crippen molar-refractivity contribution in [2.45, 2.75) is 4.90 Å². The molecular formula is C12H12IN3O2S. The van der Waals surface area contributed by atoms with E-state index >= 15 is 0 Å². The van der Waals surface area contributed by atoms with Gasteiger partial charge in [-0.3, -0.25) is 0 Å². The van der Waals surface area contributed by atoms with Crippen LogP contribution in [0.15, 0.2) is 47.4 Å². The summed E-state index contributed by atoms with van der Waals surface area (Å²) < 4.78 is 23.8. The fourth-order valence-electron chi connectivity index (χ4n) is 1.61. The highest BCUT2D eigenvalue weighted by molar-refractivity contribution is 14.1. The van der Waals surface area contributed by atoms with Crippen LogP contribution < -0.4 is 16.2 Å². The Morgan fingerprint density at radius 3 is 2.26 bits per heavy atom. The second kappa shape index (κ2) is 5.35. The normalized spacial score (nSPS) is 11.3. The first kappa shape index (κ1) is 14.1. The van der Waals surface area contributed by atoms with Gasteiger partial charge in [0.05, 0.1) is 17.1 Å². The van der Waals surface area contributed by atoms with Gasteiger partial charge in [-0.1, -0.05) is 18.2 Å². The molecule has 2 rings (SSSR count). The second-order valence-electron chi connectivity index (χ2n) is 3.87. The fraction of sp³-hybridized carbons (Fsp3) is 0. The Labute approximate surface area is 125 Å². The molecular weight excluding hydrogens is 377 g/mol. The highest BCUT2D eigenvalue weighted by Crippen LogP contribution is 2.30. The minimum absolute atomic E-state index is 0.0801. The van der Waals surface area contributed by atoms with Crippen LogP contribution in [-0.2, 0) is 10.0 Å². The van der Waals surface area contributed by atoms with Crippen molar-refractivity contribution < 1.29 is 8.42 Å². The molecule has 2 aromatic rings. The van der Waals surface area contributed by atoms with Crippen LogP contribution in [0, 0.1) is 3.57 Å². The third kappa shape index (κ3) is 3.17. The van der Waals surface area contributed by atoms with E-state index in [1.54, 1.807) is 12.1 Å². The third-order valence-electron chi connectivity index (χ3n) is 2.52. The number of nitrogens with one attached hydrogen (secondary N) is 1. The van der Waals surface area contributed by atoms with Crippen molar-refractivity contribution in [3.63, 3.8) is 0 Å². The van der Waals surface area contributed by atoms with Gasteiger partial charge in [-0.2, -0.15) is 0 Å². The van der Waals surface area contributed by atoms with Gasteiger partial charge in [-0.15, -0.1) is 0 Å². The van der Waals surface area contributed by atoms with Crippen LogP contribution in [0.25, 0.3) is 0 Å². The zero-order valence-electron chi connectivity index (χ0n) is 9.80. The van der Waals surface area contributed by atoms with Crippen LogP contribution in [0.5, 0.6) is 0 Å². The fourth-order valence-corrected chi connectivity index (χ4v) is 2.82. The zero-order valence-corrected chi connectivity index (χ0v) is 12.8. The summed E-state index contributed by atoms with van der Waals surface area (Å²) in [6, 6.07) is 12.3. The smallest absolute Gasteiger partial charge is 0.240 e. The molecule has 2 aromatic carbocycles. The number of para-hydroxylation sites is 2. The Morgan fingerprint density at radius 2 is 1.63 bits per heavy atom. The molecule has 7 heteroatoms. The number of primary sulfonamides is 1. The van der Waals surface area contributed by atoms with Gasteiger partial charge >= 0.3 is 0 Å². The predicted octanol–water partition coefficient (Wildman–Crippen LogP) is 2.26. The van der Waals surface area contributed by atoms with Crippen molar-refractivity contribution in [1.29, 1.82) is 0 Å². The summed E-state index contributed by atoms with van der Waals surface area (Å²) >= 11 is 2.18. The molecule has 0 aliphatic rings. The lowest BCUT2D eigenvalue weighted by molar-refractivity contribution is 0.598. The molecule has 0 fully saturated rings. The van der Waals surface area contributed by atoms with Gasteiger partial charge in [0, 0.05) is 3.57 Å². The average molecular weight is 389 g/mol. The summed E-state index contributed by atoms with van der Waals surface area (Å²) in [5.74, 6) is 0. The standard InChI is InChI=1S/C12H12IN3O2S/c13-8-4-1-2-5-9(8)16-10-6-3-7-11(12(10)14)19(15,17)18/h1-7,16H,14H2,(H2,15,17,18). The van der Waals surface area contributed by atoms with Crippen LogP contribution in [0.3, 0.4) is 0 Å². The Balaban J connectivity index is 2.46. The minimum atomic E-state index is -3.83. The Bertz CT molecular complexity index is 717. The topological polar surface area (TPSA) is 98.2 Å². The summed E-state index contributed by atoms with van der Waals surface area (Å²) in [7, 11) is -3.83. The van der Waals surface area contributed by atoms with Crippen LogP contribution in [-0.4, -0.2) is 8.42 Å². The summed E-state index contributed by atoms with van der Waals surface area (Å²) in [6.45, 7) is 0. The quantitative estimate of drug-likeness (QED) is 0.554. The SMILES string of the molecule is Nc1c(Nc2ccccc2I)cccc1S(N)(=O)=O. The van der Waals surface area contributed by atoms with Crippen molar-refractivity contribution in [2.24, 2.45) is 5.14 Å². The van der Waals surface area contributed by atoms with Crippen LogP contribution in [0.2, 0.25) is 0 Å². The van der Waals surface area contributed by atoms with E-state index in [2.05, 4.69) is 27.9 Å². The zero-order chi connectivity index (χ0) is 14.0. The number of nitrogen functional groups attached to an aromatic ring is 1. The van der Waals surface area contributed by atoms with Crippen molar-refractivity contribution in [3.05, 3.63) is 46.0 Å². The summed E-state index contributed by atoms with van der Waals surface area (Å²) in [6.07, 6.45) is 0. The molecule has 0 radical (unpaired) electrons. The molecule has 0 amide bonds. The lowest BCUT2D eigenvalue weighted by Crippen LogP contribution is -2.15. The Hall–Kier alpha value is -1.32. The number of hydrogen-bond acceptors (Lipinski definition) is 4. The van der Waals surface area contributed by atoms with Crippen molar-refractivity contribution in [1.82, 2.24) is 0 Å². The number of hydrogen-bond donors (Lipinski definition) is 3. The highest BCUT2D eigenvalue weighted by atomic mass is 127.